The monoisotopic (exact) mass is 332 g/mol. The number of allylic oxidation sites excluding steroid dienone is 4. The third-order valence-electron chi connectivity index (χ3n) is 3.73. The second-order valence-electron chi connectivity index (χ2n) is 5.66. The molecule has 0 radical (unpaired) electrons. The van der Waals surface area contributed by atoms with E-state index in [0.717, 1.165) is 35.8 Å². The van der Waals surface area contributed by atoms with E-state index < -0.39 is 11.6 Å². The molecule has 0 bridgehead atoms. The van der Waals surface area contributed by atoms with Gasteiger partial charge in [0.15, 0.2) is 0 Å². The third-order valence-corrected chi connectivity index (χ3v) is 3.73. The van der Waals surface area contributed by atoms with Gasteiger partial charge in [0, 0.05) is 35.8 Å². The van der Waals surface area contributed by atoms with Gasteiger partial charge in [0.2, 0.25) is 0 Å². The van der Waals surface area contributed by atoms with E-state index in [4.69, 9.17) is 0 Å². The van der Waals surface area contributed by atoms with E-state index >= 15 is 0 Å². The van der Waals surface area contributed by atoms with Crippen LogP contribution >= 0.6 is 0 Å². The zero-order valence-corrected chi connectivity index (χ0v) is 14.7. The Morgan fingerprint density at radius 1 is 1.25 bits per heavy atom. The standard InChI is InChI=1S/C20H26F2N2/c1-6-8-20(14(3)7-2)24-12-15(4)16(5)23-13-17-9-10-18(21)11-19(17)22/h7,9-12,23-24H,2,5-6,8,13H2,1,3-4H3/b15-12+,20-14-. The molecule has 130 valence electrons. The minimum absolute atomic E-state index is 0.249. The minimum Gasteiger partial charge on any atom is -0.381 e. The summed E-state index contributed by atoms with van der Waals surface area (Å²) in [6.45, 7) is 14.0. The van der Waals surface area contributed by atoms with Crippen molar-refractivity contribution in [3.8, 4) is 0 Å². The molecule has 0 spiro atoms. The van der Waals surface area contributed by atoms with Crippen molar-refractivity contribution in [1.82, 2.24) is 10.6 Å². The fourth-order valence-corrected chi connectivity index (χ4v) is 2.05. The molecule has 0 aliphatic carbocycles. The third kappa shape index (κ3) is 6.03. The first-order valence-electron chi connectivity index (χ1n) is 8.01. The quantitative estimate of drug-likeness (QED) is 0.598. The minimum atomic E-state index is -0.580. The summed E-state index contributed by atoms with van der Waals surface area (Å²) < 4.78 is 26.5. The molecule has 24 heavy (non-hydrogen) atoms. The van der Waals surface area contributed by atoms with Crippen LogP contribution in [0.2, 0.25) is 0 Å². The van der Waals surface area contributed by atoms with Crippen LogP contribution in [0.15, 0.2) is 66.2 Å². The topological polar surface area (TPSA) is 24.1 Å². The molecule has 1 rings (SSSR count). The van der Waals surface area contributed by atoms with Crippen molar-refractivity contribution < 1.29 is 8.78 Å². The first-order valence-corrected chi connectivity index (χ1v) is 8.01. The Morgan fingerprint density at radius 3 is 2.54 bits per heavy atom. The Balaban J connectivity index is 2.68. The van der Waals surface area contributed by atoms with E-state index in [9.17, 15) is 8.78 Å². The summed E-state index contributed by atoms with van der Waals surface area (Å²) in [5.41, 5.74) is 4.20. The Bertz CT molecular complexity index is 658. The molecule has 0 unspecified atom stereocenters. The van der Waals surface area contributed by atoms with Gasteiger partial charge in [-0.1, -0.05) is 38.6 Å². The molecular formula is C20H26F2N2. The second kappa shape index (κ2) is 9.71. The lowest BCUT2D eigenvalue weighted by atomic mass is 10.1. The van der Waals surface area contributed by atoms with Crippen LogP contribution in [-0.2, 0) is 6.54 Å². The number of nitrogens with one attached hydrogen (secondary N) is 2. The fourth-order valence-electron chi connectivity index (χ4n) is 2.05. The van der Waals surface area contributed by atoms with Crippen LogP contribution in [0, 0.1) is 11.6 Å². The van der Waals surface area contributed by atoms with Gasteiger partial charge in [-0.3, -0.25) is 0 Å². The average molecular weight is 332 g/mol. The fraction of sp³-hybridized carbons (Fsp3) is 0.300. The first kappa shape index (κ1) is 19.7. The van der Waals surface area contributed by atoms with E-state index in [1.54, 1.807) is 0 Å². The number of benzene rings is 1. The molecule has 0 aromatic heterocycles. The number of rotatable bonds is 9. The lowest BCUT2D eigenvalue weighted by Crippen LogP contribution is -2.16. The molecule has 2 nitrogen and oxygen atoms in total. The Kier molecular flexibility index (Phi) is 7.96. The zero-order valence-electron chi connectivity index (χ0n) is 14.7. The molecule has 0 saturated heterocycles. The molecule has 0 aliphatic heterocycles. The van der Waals surface area contributed by atoms with Crippen molar-refractivity contribution >= 4 is 0 Å². The predicted molar refractivity (Wildman–Crippen MR) is 97.0 cm³/mol. The Hall–Kier alpha value is -2.36. The summed E-state index contributed by atoms with van der Waals surface area (Å²) in [5.74, 6) is -1.15. The smallest absolute Gasteiger partial charge is 0.131 e. The van der Waals surface area contributed by atoms with Gasteiger partial charge in [-0.25, -0.2) is 8.78 Å². The summed E-state index contributed by atoms with van der Waals surface area (Å²) in [6, 6.07) is 3.55. The Labute approximate surface area is 143 Å². The van der Waals surface area contributed by atoms with E-state index in [0.29, 0.717) is 11.3 Å². The molecule has 2 N–H and O–H groups in total. The summed E-state index contributed by atoms with van der Waals surface area (Å²) in [6.07, 6.45) is 5.66. The maximum atomic E-state index is 13.6. The molecule has 0 fully saturated rings. The van der Waals surface area contributed by atoms with Gasteiger partial charge in [-0.15, -0.1) is 0 Å². The highest BCUT2D eigenvalue weighted by Crippen LogP contribution is 2.12. The van der Waals surface area contributed by atoms with Gasteiger partial charge in [-0.05, 0) is 37.5 Å². The van der Waals surface area contributed by atoms with Gasteiger partial charge in [0.1, 0.15) is 11.6 Å². The summed E-state index contributed by atoms with van der Waals surface area (Å²) in [5, 5.41) is 6.35. The van der Waals surface area contributed by atoms with Gasteiger partial charge in [0.05, 0.1) is 0 Å². The van der Waals surface area contributed by atoms with E-state index in [-0.39, 0.29) is 6.54 Å². The zero-order chi connectivity index (χ0) is 18.1. The number of halogens is 2. The number of hydrogen-bond acceptors (Lipinski definition) is 2. The van der Waals surface area contributed by atoms with Crippen molar-refractivity contribution in [3.63, 3.8) is 0 Å². The molecule has 0 amide bonds. The largest absolute Gasteiger partial charge is 0.381 e. The highest BCUT2D eigenvalue weighted by molar-refractivity contribution is 5.29. The van der Waals surface area contributed by atoms with E-state index in [2.05, 4.69) is 30.7 Å². The lowest BCUT2D eigenvalue weighted by molar-refractivity contribution is 0.567. The molecule has 1 aromatic carbocycles. The van der Waals surface area contributed by atoms with Gasteiger partial charge >= 0.3 is 0 Å². The molecule has 0 atom stereocenters. The predicted octanol–water partition coefficient (Wildman–Crippen LogP) is 5.32. The van der Waals surface area contributed by atoms with Gasteiger partial charge < -0.3 is 10.6 Å². The maximum Gasteiger partial charge on any atom is 0.131 e. The first-order chi connectivity index (χ1) is 11.4. The second-order valence-corrected chi connectivity index (χ2v) is 5.66. The molecule has 0 aliphatic rings. The van der Waals surface area contributed by atoms with Crippen molar-refractivity contribution in [3.05, 3.63) is 83.4 Å². The molecular weight excluding hydrogens is 306 g/mol. The van der Waals surface area contributed by atoms with Crippen LogP contribution in [0.5, 0.6) is 0 Å². The van der Waals surface area contributed by atoms with Gasteiger partial charge in [0.25, 0.3) is 0 Å². The summed E-state index contributed by atoms with van der Waals surface area (Å²) >= 11 is 0. The SMILES string of the molecule is C=C/C(C)=C(/CCC)N/C=C(\C)C(=C)NCc1ccc(F)cc1F. The van der Waals surface area contributed by atoms with Crippen LogP contribution in [0.4, 0.5) is 8.78 Å². The normalized spacial score (nSPS) is 12.5. The molecule has 0 heterocycles. The van der Waals surface area contributed by atoms with E-state index in [1.807, 2.05) is 26.1 Å². The van der Waals surface area contributed by atoms with Crippen molar-refractivity contribution in [2.24, 2.45) is 0 Å². The average Bonchev–Trinajstić information content (AvgIpc) is 2.56. The van der Waals surface area contributed by atoms with Crippen LogP contribution in [0.1, 0.15) is 39.2 Å². The van der Waals surface area contributed by atoms with Crippen molar-refractivity contribution in [2.75, 3.05) is 0 Å². The molecule has 0 saturated carbocycles. The highest BCUT2D eigenvalue weighted by Gasteiger charge is 2.05. The van der Waals surface area contributed by atoms with E-state index in [1.165, 1.54) is 12.1 Å². The van der Waals surface area contributed by atoms with Crippen LogP contribution < -0.4 is 10.6 Å². The Morgan fingerprint density at radius 2 is 1.96 bits per heavy atom. The van der Waals surface area contributed by atoms with Crippen molar-refractivity contribution in [1.29, 1.82) is 0 Å². The van der Waals surface area contributed by atoms with Crippen LogP contribution in [-0.4, -0.2) is 0 Å². The van der Waals surface area contributed by atoms with Gasteiger partial charge in [-0.2, -0.15) is 0 Å². The summed E-state index contributed by atoms with van der Waals surface area (Å²) in [7, 11) is 0. The maximum absolute atomic E-state index is 13.6. The molecule has 1 aromatic rings. The van der Waals surface area contributed by atoms with Crippen molar-refractivity contribution in [2.45, 2.75) is 40.2 Å². The number of hydrogen-bond donors (Lipinski definition) is 2. The summed E-state index contributed by atoms with van der Waals surface area (Å²) in [4.78, 5) is 0. The molecule has 4 heteroatoms. The van der Waals surface area contributed by atoms with Crippen LogP contribution in [0.25, 0.3) is 0 Å². The van der Waals surface area contributed by atoms with Crippen LogP contribution in [0.3, 0.4) is 0 Å². The lowest BCUT2D eigenvalue weighted by Gasteiger charge is -2.13. The highest BCUT2D eigenvalue weighted by atomic mass is 19.1.